The Morgan fingerprint density at radius 2 is 1.97 bits per heavy atom. The van der Waals surface area contributed by atoms with Gasteiger partial charge in [-0.1, -0.05) is 23.2 Å². The van der Waals surface area contributed by atoms with Crippen LogP contribution in [-0.4, -0.2) is 33.1 Å². The van der Waals surface area contributed by atoms with E-state index in [1.807, 2.05) is 6.92 Å². The Morgan fingerprint density at radius 1 is 1.20 bits per heavy atom. The van der Waals surface area contributed by atoms with Crippen LogP contribution in [0.15, 0.2) is 42.9 Å². The van der Waals surface area contributed by atoms with E-state index in [-0.39, 0.29) is 36.5 Å². The summed E-state index contributed by atoms with van der Waals surface area (Å²) < 4.78 is 14.8. The van der Waals surface area contributed by atoms with Gasteiger partial charge in [0.15, 0.2) is 0 Å². The number of halogens is 3. The van der Waals surface area contributed by atoms with Crippen LogP contribution in [0.3, 0.4) is 0 Å². The summed E-state index contributed by atoms with van der Waals surface area (Å²) in [7, 11) is 0. The Bertz CT molecular complexity index is 1140. The first-order valence-corrected chi connectivity index (χ1v) is 9.37. The van der Waals surface area contributed by atoms with Gasteiger partial charge in [-0.05, 0) is 25.1 Å². The molecular weight excluding hydrogens is 452 g/mol. The maximum atomic E-state index is 13.3. The zero-order valence-corrected chi connectivity index (χ0v) is 18.1. The third-order valence-electron chi connectivity index (χ3n) is 4.53. The number of fused-ring (bicyclic) bond motifs is 1. The molecule has 1 atom stereocenters. The molecule has 3 heterocycles. The standard InChI is InChI=1S/C19H14Cl2FN5O2.H2S/c1-10-9-26(13-2-3-15(20)16(21)5-13)19(29)17-14(8-24-27(10)17)18(28)25-12-4-11(22)6-23-7-12;/h2-8,10H,9H2,1H3,(H,25,28);1H2/t10-;/m0./s1. The number of nitrogens with zero attached hydrogens (tertiary/aromatic N) is 4. The summed E-state index contributed by atoms with van der Waals surface area (Å²) in [5, 5.41) is 7.43. The number of nitrogens with one attached hydrogen (secondary N) is 1. The largest absolute Gasteiger partial charge is 0.320 e. The van der Waals surface area contributed by atoms with Gasteiger partial charge >= 0.3 is 0 Å². The van der Waals surface area contributed by atoms with Crippen LogP contribution in [0.25, 0.3) is 0 Å². The average molecular weight is 468 g/mol. The first-order chi connectivity index (χ1) is 13.8. The number of amides is 2. The second-order valence-electron chi connectivity index (χ2n) is 6.56. The lowest BCUT2D eigenvalue weighted by Crippen LogP contribution is -2.43. The van der Waals surface area contributed by atoms with E-state index in [9.17, 15) is 14.0 Å². The third-order valence-corrected chi connectivity index (χ3v) is 5.27. The fourth-order valence-electron chi connectivity index (χ4n) is 3.18. The lowest BCUT2D eigenvalue weighted by Gasteiger charge is -2.32. The zero-order chi connectivity index (χ0) is 20.7. The van der Waals surface area contributed by atoms with Gasteiger partial charge in [-0.25, -0.2) is 4.39 Å². The van der Waals surface area contributed by atoms with Gasteiger partial charge in [0.2, 0.25) is 0 Å². The normalized spacial score (nSPS) is 15.4. The van der Waals surface area contributed by atoms with Gasteiger partial charge in [-0.2, -0.15) is 18.6 Å². The topological polar surface area (TPSA) is 80.1 Å². The molecule has 4 rings (SSSR count). The molecule has 1 aliphatic rings. The number of carbonyl (C=O) groups is 2. The predicted octanol–water partition coefficient (Wildman–Crippen LogP) is 4.31. The van der Waals surface area contributed by atoms with Crippen molar-refractivity contribution < 1.29 is 14.0 Å². The first kappa shape index (κ1) is 22.1. The molecule has 1 N–H and O–H groups in total. The monoisotopic (exact) mass is 467 g/mol. The van der Waals surface area contributed by atoms with Gasteiger partial charge in [0.05, 0.1) is 45.9 Å². The SMILES string of the molecule is C[C@H]1CN(c2ccc(Cl)c(Cl)c2)C(=O)c2c(C(=O)Nc3cncc(F)c3)cnn21.S. The highest BCUT2D eigenvalue weighted by molar-refractivity contribution is 7.59. The third kappa shape index (κ3) is 4.00. The van der Waals surface area contributed by atoms with E-state index in [1.54, 1.807) is 18.2 Å². The predicted molar refractivity (Wildman–Crippen MR) is 118 cm³/mol. The number of rotatable bonds is 3. The highest BCUT2D eigenvalue weighted by Gasteiger charge is 2.35. The highest BCUT2D eigenvalue weighted by Crippen LogP contribution is 2.32. The molecule has 0 saturated heterocycles. The average Bonchev–Trinajstić information content (AvgIpc) is 3.13. The van der Waals surface area contributed by atoms with Crippen LogP contribution in [0.1, 0.15) is 33.8 Å². The Kier molecular flexibility index (Phi) is 6.35. The summed E-state index contributed by atoms with van der Waals surface area (Å²) in [4.78, 5) is 31.1. The Hall–Kier alpha value is -2.62. The number of aromatic nitrogens is 3. The number of hydrogen-bond acceptors (Lipinski definition) is 4. The van der Waals surface area contributed by atoms with Crippen LogP contribution < -0.4 is 10.2 Å². The van der Waals surface area contributed by atoms with Crippen LogP contribution in [0, 0.1) is 5.82 Å². The van der Waals surface area contributed by atoms with E-state index in [0.717, 1.165) is 12.3 Å². The summed E-state index contributed by atoms with van der Waals surface area (Å²) in [6.07, 6.45) is 3.66. The minimum absolute atomic E-state index is 0. The Morgan fingerprint density at radius 3 is 2.67 bits per heavy atom. The van der Waals surface area contributed by atoms with Gasteiger partial charge in [0.1, 0.15) is 11.5 Å². The number of anilines is 2. The highest BCUT2D eigenvalue weighted by atomic mass is 35.5. The smallest absolute Gasteiger partial charge is 0.277 e. The molecule has 1 aromatic carbocycles. The molecular formula is C19H16Cl2FN5O2S. The molecule has 156 valence electrons. The summed E-state index contributed by atoms with van der Waals surface area (Å²) in [6.45, 7) is 2.23. The van der Waals surface area contributed by atoms with E-state index in [4.69, 9.17) is 23.2 Å². The maximum Gasteiger partial charge on any atom is 0.277 e. The Balaban J connectivity index is 0.00000256. The summed E-state index contributed by atoms with van der Waals surface area (Å²) >= 11 is 12.1. The fraction of sp³-hybridized carbons (Fsp3) is 0.158. The fourth-order valence-corrected chi connectivity index (χ4v) is 3.47. The number of hydrogen-bond donors (Lipinski definition) is 1. The van der Waals surface area contributed by atoms with Crippen LogP contribution in [0.2, 0.25) is 10.0 Å². The Labute approximate surface area is 188 Å². The van der Waals surface area contributed by atoms with Crippen molar-refractivity contribution in [2.45, 2.75) is 13.0 Å². The second kappa shape index (κ2) is 8.63. The number of carbonyl (C=O) groups excluding carboxylic acids is 2. The lowest BCUT2D eigenvalue weighted by molar-refractivity contribution is 0.0939. The van der Waals surface area contributed by atoms with Crippen molar-refractivity contribution in [2.75, 3.05) is 16.8 Å². The van der Waals surface area contributed by atoms with Crippen molar-refractivity contribution in [3.63, 3.8) is 0 Å². The molecule has 30 heavy (non-hydrogen) atoms. The second-order valence-corrected chi connectivity index (χ2v) is 7.37. The van der Waals surface area contributed by atoms with Gasteiger partial charge in [-0.15, -0.1) is 0 Å². The molecule has 0 fully saturated rings. The summed E-state index contributed by atoms with van der Waals surface area (Å²) in [5.41, 5.74) is 0.949. The molecule has 0 bridgehead atoms. The summed E-state index contributed by atoms with van der Waals surface area (Å²) in [5.74, 6) is -1.58. The number of benzene rings is 1. The minimum Gasteiger partial charge on any atom is -0.320 e. The lowest BCUT2D eigenvalue weighted by atomic mass is 10.1. The number of pyridine rings is 1. The molecule has 0 saturated carbocycles. The van der Waals surface area contributed by atoms with Crippen LogP contribution >= 0.6 is 36.7 Å². The van der Waals surface area contributed by atoms with Crippen molar-refractivity contribution in [3.8, 4) is 0 Å². The van der Waals surface area contributed by atoms with Gasteiger partial charge < -0.3 is 10.2 Å². The molecule has 0 radical (unpaired) electrons. The molecule has 7 nitrogen and oxygen atoms in total. The minimum atomic E-state index is -0.588. The molecule has 2 aromatic heterocycles. The zero-order valence-electron chi connectivity index (χ0n) is 15.6. The molecule has 1 aliphatic heterocycles. The van der Waals surface area contributed by atoms with Crippen molar-refractivity contribution in [3.05, 3.63) is 70.0 Å². The summed E-state index contributed by atoms with van der Waals surface area (Å²) in [6, 6.07) is 5.83. The quantitative estimate of drug-likeness (QED) is 0.622. The molecule has 11 heteroatoms. The van der Waals surface area contributed by atoms with Gasteiger partial charge in [0, 0.05) is 18.3 Å². The maximum absolute atomic E-state index is 13.3. The van der Waals surface area contributed by atoms with Crippen molar-refractivity contribution >= 4 is 59.9 Å². The van der Waals surface area contributed by atoms with E-state index in [0.29, 0.717) is 22.3 Å². The van der Waals surface area contributed by atoms with Gasteiger partial charge in [0.25, 0.3) is 11.8 Å². The van der Waals surface area contributed by atoms with Crippen molar-refractivity contribution in [2.24, 2.45) is 0 Å². The van der Waals surface area contributed by atoms with Crippen LogP contribution in [-0.2, 0) is 0 Å². The molecule has 0 spiro atoms. The van der Waals surface area contributed by atoms with E-state index in [1.165, 1.54) is 22.0 Å². The molecule has 2 amide bonds. The molecule has 3 aromatic rings. The van der Waals surface area contributed by atoms with E-state index < -0.39 is 17.6 Å². The molecule has 0 aliphatic carbocycles. The van der Waals surface area contributed by atoms with Crippen LogP contribution in [0.5, 0.6) is 0 Å². The van der Waals surface area contributed by atoms with Gasteiger partial charge in [-0.3, -0.25) is 19.3 Å². The van der Waals surface area contributed by atoms with E-state index >= 15 is 0 Å². The molecule has 0 unspecified atom stereocenters. The van der Waals surface area contributed by atoms with Crippen molar-refractivity contribution in [1.82, 2.24) is 14.8 Å². The van der Waals surface area contributed by atoms with Crippen LogP contribution in [0.4, 0.5) is 15.8 Å². The van der Waals surface area contributed by atoms with Crippen molar-refractivity contribution in [1.29, 1.82) is 0 Å². The van der Waals surface area contributed by atoms with E-state index in [2.05, 4.69) is 15.4 Å². The first-order valence-electron chi connectivity index (χ1n) is 8.61.